The summed E-state index contributed by atoms with van der Waals surface area (Å²) in [6, 6.07) is 5.31. The van der Waals surface area contributed by atoms with E-state index in [0.717, 1.165) is 5.56 Å². The molecule has 1 N–H and O–H groups in total. The number of nitrogens with one attached hydrogen (secondary N) is 1. The summed E-state index contributed by atoms with van der Waals surface area (Å²) in [7, 11) is 0. The van der Waals surface area contributed by atoms with Crippen molar-refractivity contribution in [3.63, 3.8) is 0 Å². The molecule has 0 fully saturated rings. The van der Waals surface area contributed by atoms with E-state index in [-0.39, 0.29) is 5.91 Å². The summed E-state index contributed by atoms with van der Waals surface area (Å²) in [6.45, 7) is 0. The molecular formula is C11H9N3OS. The van der Waals surface area contributed by atoms with Crippen LogP contribution in [0.15, 0.2) is 46.5 Å². The molecule has 2 heterocycles. The van der Waals surface area contributed by atoms with Crippen LogP contribution in [0.5, 0.6) is 0 Å². The number of hydrogen-bond acceptors (Lipinski definition) is 4. The maximum atomic E-state index is 11.5. The Morgan fingerprint density at radius 1 is 1.50 bits per heavy atom. The lowest BCUT2D eigenvalue weighted by Gasteiger charge is -1.97. The van der Waals surface area contributed by atoms with Crippen molar-refractivity contribution in [2.45, 2.75) is 0 Å². The molecule has 0 radical (unpaired) electrons. The van der Waals surface area contributed by atoms with Gasteiger partial charge in [0.2, 0.25) is 0 Å². The van der Waals surface area contributed by atoms with E-state index in [1.807, 2.05) is 16.8 Å². The van der Waals surface area contributed by atoms with Crippen molar-refractivity contribution < 1.29 is 4.79 Å². The number of nitrogens with zero attached hydrogens (tertiary/aromatic N) is 2. The molecule has 0 atom stereocenters. The van der Waals surface area contributed by atoms with E-state index >= 15 is 0 Å². The predicted molar refractivity (Wildman–Crippen MR) is 63.6 cm³/mol. The van der Waals surface area contributed by atoms with Gasteiger partial charge in [-0.25, -0.2) is 5.43 Å². The van der Waals surface area contributed by atoms with Crippen LogP contribution in [0.3, 0.4) is 0 Å². The van der Waals surface area contributed by atoms with Gasteiger partial charge in [0.25, 0.3) is 5.91 Å². The topological polar surface area (TPSA) is 54.4 Å². The van der Waals surface area contributed by atoms with Gasteiger partial charge in [-0.3, -0.25) is 9.78 Å². The molecule has 1 amide bonds. The fraction of sp³-hybridized carbons (Fsp3) is 0. The summed E-state index contributed by atoms with van der Waals surface area (Å²) in [5.41, 5.74) is 3.89. The van der Waals surface area contributed by atoms with E-state index < -0.39 is 0 Å². The van der Waals surface area contributed by atoms with Crippen LogP contribution in [-0.2, 0) is 0 Å². The van der Waals surface area contributed by atoms with Gasteiger partial charge in [-0.2, -0.15) is 16.4 Å². The fourth-order valence-electron chi connectivity index (χ4n) is 1.08. The smallest absolute Gasteiger partial charge is 0.267 e. The number of aromatic nitrogens is 1. The second-order valence-electron chi connectivity index (χ2n) is 3.00. The maximum absolute atomic E-state index is 11.5. The Kier molecular flexibility index (Phi) is 3.40. The second-order valence-corrected chi connectivity index (χ2v) is 3.78. The van der Waals surface area contributed by atoms with E-state index in [0.29, 0.717) is 5.56 Å². The van der Waals surface area contributed by atoms with E-state index in [1.54, 1.807) is 35.9 Å². The molecule has 80 valence electrons. The molecule has 2 aromatic rings. The Bertz CT molecular complexity index is 479. The number of pyridine rings is 1. The van der Waals surface area contributed by atoms with Gasteiger partial charge in [0.05, 0.1) is 11.8 Å². The van der Waals surface area contributed by atoms with Gasteiger partial charge in [-0.05, 0) is 29.0 Å². The van der Waals surface area contributed by atoms with Crippen LogP contribution < -0.4 is 5.43 Å². The maximum Gasteiger partial charge on any atom is 0.272 e. The molecule has 2 rings (SSSR count). The first-order chi connectivity index (χ1) is 7.86. The molecule has 0 unspecified atom stereocenters. The second kappa shape index (κ2) is 5.18. The number of hydrogen-bond donors (Lipinski definition) is 1. The van der Waals surface area contributed by atoms with Gasteiger partial charge in [-0.1, -0.05) is 0 Å². The summed E-state index contributed by atoms with van der Waals surface area (Å²) in [4.78, 5) is 15.4. The number of thiophene rings is 1. The molecule has 0 aliphatic heterocycles. The van der Waals surface area contributed by atoms with Crippen molar-refractivity contribution in [2.24, 2.45) is 5.10 Å². The highest BCUT2D eigenvalue weighted by molar-refractivity contribution is 7.08. The van der Waals surface area contributed by atoms with Crippen LogP contribution in [0.1, 0.15) is 15.9 Å². The monoisotopic (exact) mass is 231 g/mol. The molecule has 5 heteroatoms. The average Bonchev–Trinajstić information content (AvgIpc) is 2.83. The number of carbonyl (C=O) groups excluding carboxylic acids is 1. The molecule has 4 nitrogen and oxygen atoms in total. The lowest BCUT2D eigenvalue weighted by molar-refractivity contribution is 0.0955. The third kappa shape index (κ3) is 2.74. The molecule has 0 spiro atoms. The van der Waals surface area contributed by atoms with Crippen molar-refractivity contribution in [1.29, 1.82) is 0 Å². The van der Waals surface area contributed by atoms with Gasteiger partial charge in [0.1, 0.15) is 0 Å². The minimum atomic E-state index is -0.264. The van der Waals surface area contributed by atoms with E-state index in [4.69, 9.17) is 0 Å². The number of rotatable bonds is 3. The summed E-state index contributed by atoms with van der Waals surface area (Å²) >= 11 is 1.58. The zero-order valence-corrected chi connectivity index (χ0v) is 9.15. The molecule has 0 saturated heterocycles. The Morgan fingerprint density at radius 2 is 2.44 bits per heavy atom. The Balaban J connectivity index is 1.94. The molecule has 0 aliphatic carbocycles. The van der Waals surface area contributed by atoms with Crippen LogP contribution in [0.4, 0.5) is 0 Å². The van der Waals surface area contributed by atoms with Gasteiger partial charge in [0, 0.05) is 18.0 Å². The van der Waals surface area contributed by atoms with Crippen LogP contribution >= 0.6 is 11.3 Å². The van der Waals surface area contributed by atoms with Crippen molar-refractivity contribution in [3.05, 3.63) is 52.5 Å². The minimum Gasteiger partial charge on any atom is -0.267 e. The van der Waals surface area contributed by atoms with Crippen molar-refractivity contribution in [3.8, 4) is 0 Å². The lowest BCUT2D eigenvalue weighted by atomic mass is 10.3. The summed E-state index contributed by atoms with van der Waals surface area (Å²) in [6.07, 6.45) is 4.71. The predicted octanol–water partition coefficient (Wildman–Crippen LogP) is 1.91. The molecule has 2 aromatic heterocycles. The highest BCUT2D eigenvalue weighted by Crippen LogP contribution is 2.02. The first-order valence-corrected chi connectivity index (χ1v) is 5.56. The van der Waals surface area contributed by atoms with Crippen LogP contribution in [0.2, 0.25) is 0 Å². The van der Waals surface area contributed by atoms with Gasteiger partial charge in [-0.15, -0.1) is 0 Å². The van der Waals surface area contributed by atoms with Crippen molar-refractivity contribution in [1.82, 2.24) is 10.4 Å². The van der Waals surface area contributed by atoms with Crippen LogP contribution in [-0.4, -0.2) is 17.1 Å². The Morgan fingerprint density at radius 3 is 3.12 bits per heavy atom. The SMILES string of the molecule is O=C(N/N=C\c1ccsc1)c1cccnc1. The molecule has 0 bridgehead atoms. The molecule has 0 aromatic carbocycles. The fourth-order valence-corrected chi connectivity index (χ4v) is 1.69. The quantitative estimate of drug-likeness (QED) is 0.648. The van der Waals surface area contributed by atoms with Crippen LogP contribution in [0, 0.1) is 0 Å². The van der Waals surface area contributed by atoms with Gasteiger partial charge >= 0.3 is 0 Å². The summed E-state index contributed by atoms with van der Waals surface area (Å²) in [5, 5.41) is 7.74. The van der Waals surface area contributed by atoms with Crippen molar-refractivity contribution in [2.75, 3.05) is 0 Å². The van der Waals surface area contributed by atoms with E-state index in [1.165, 1.54) is 6.20 Å². The zero-order valence-electron chi connectivity index (χ0n) is 8.33. The lowest BCUT2D eigenvalue weighted by Crippen LogP contribution is -2.17. The Labute approximate surface area is 96.7 Å². The zero-order chi connectivity index (χ0) is 11.2. The van der Waals surface area contributed by atoms with Gasteiger partial charge in [0.15, 0.2) is 0 Å². The average molecular weight is 231 g/mol. The molecule has 0 saturated carbocycles. The molecular weight excluding hydrogens is 222 g/mol. The third-order valence-corrected chi connectivity index (χ3v) is 2.55. The summed E-state index contributed by atoms with van der Waals surface area (Å²) < 4.78 is 0. The first-order valence-electron chi connectivity index (χ1n) is 4.62. The normalized spacial score (nSPS) is 10.5. The van der Waals surface area contributed by atoms with E-state index in [2.05, 4.69) is 15.5 Å². The standard InChI is InChI=1S/C11H9N3OS/c15-11(10-2-1-4-12-7-10)14-13-6-9-3-5-16-8-9/h1-8H,(H,14,15)/b13-6-. The van der Waals surface area contributed by atoms with Crippen molar-refractivity contribution >= 4 is 23.5 Å². The number of hydrazone groups is 1. The van der Waals surface area contributed by atoms with Crippen LogP contribution in [0.25, 0.3) is 0 Å². The minimum absolute atomic E-state index is 0.264. The highest BCUT2D eigenvalue weighted by Gasteiger charge is 2.01. The summed E-state index contributed by atoms with van der Waals surface area (Å²) in [5.74, 6) is -0.264. The highest BCUT2D eigenvalue weighted by atomic mass is 32.1. The number of carbonyl (C=O) groups is 1. The van der Waals surface area contributed by atoms with Gasteiger partial charge < -0.3 is 0 Å². The number of amides is 1. The third-order valence-electron chi connectivity index (χ3n) is 1.85. The molecule has 0 aliphatic rings. The largest absolute Gasteiger partial charge is 0.272 e. The Hall–Kier alpha value is -2.01. The molecule has 16 heavy (non-hydrogen) atoms. The van der Waals surface area contributed by atoms with E-state index in [9.17, 15) is 4.79 Å². The first kappa shape index (κ1) is 10.5.